The molecule has 118 valence electrons. The molecule has 0 unspecified atom stereocenters. The number of methoxy groups -OCH3 is 1. The van der Waals surface area contributed by atoms with Crippen LogP contribution in [0, 0.1) is 0 Å². The van der Waals surface area contributed by atoms with E-state index in [1.165, 1.54) is 31.4 Å². The van der Waals surface area contributed by atoms with Gasteiger partial charge in [-0.2, -0.15) is 8.78 Å². The maximum absolute atomic E-state index is 12.1. The number of anilines is 1. The minimum absolute atomic E-state index is 0.0153. The Bertz CT molecular complexity index is 561. The van der Waals surface area contributed by atoms with Crippen LogP contribution in [0.25, 0.3) is 0 Å². The molecule has 0 spiro atoms. The lowest BCUT2D eigenvalue weighted by Crippen LogP contribution is -2.17. The summed E-state index contributed by atoms with van der Waals surface area (Å²) in [5.74, 6) is -3.22. The Balaban J connectivity index is 2.53. The number of alkyl halides is 2. The largest absolute Gasteiger partial charge is 0.469 e. The van der Waals surface area contributed by atoms with Crippen LogP contribution in [0.5, 0.6) is 0 Å². The van der Waals surface area contributed by atoms with Gasteiger partial charge in [0, 0.05) is 17.0 Å². The zero-order chi connectivity index (χ0) is 15.9. The highest BCUT2D eigenvalue weighted by Crippen LogP contribution is 2.26. The van der Waals surface area contributed by atoms with Crippen molar-refractivity contribution in [2.24, 2.45) is 0 Å². The van der Waals surface area contributed by atoms with Gasteiger partial charge in [0.25, 0.3) is 5.76 Å². The van der Waals surface area contributed by atoms with Gasteiger partial charge in [-0.3, -0.25) is 9.52 Å². The predicted octanol–water partition coefficient (Wildman–Crippen LogP) is 2.70. The van der Waals surface area contributed by atoms with Gasteiger partial charge in [-0.25, -0.2) is 8.42 Å². The van der Waals surface area contributed by atoms with Crippen LogP contribution >= 0.6 is 11.8 Å². The molecule has 0 heterocycles. The molecule has 9 heteroatoms. The van der Waals surface area contributed by atoms with E-state index >= 15 is 0 Å². The van der Waals surface area contributed by atoms with E-state index in [4.69, 9.17) is 0 Å². The number of rotatable bonds is 8. The van der Waals surface area contributed by atoms with E-state index in [2.05, 4.69) is 9.46 Å². The van der Waals surface area contributed by atoms with Gasteiger partial charge < -0.3 is 4.74 Å². The number of hydrogen-bond acceptors (Lipinski definition) is 5. The zero-order valence-corrected chi connectivity index (χ0v) is 12.8. The third-order valence-electron chi connectivity index (χ3n) is 2.37. The topological polar surface area (TPSA) is 72.5 Å². The van der Waals surface area contributed by atoms with Crippen LogP contribution in [0.2, 0.25) is 0 Å². The first-order valence-corrected chi connectivity index (χ1v) is 8.48. The van der Waals surface area contributed by atoms with Crippen molar-refractivity contribution in [2.75, 3.05) is 17.6 Å². The second-order valence-electron chi connectivity index (χ2n) is 4.00. The van der Waals surface area contributed by atoms with Crippen molar-refractivity contribution >= 4 is 33.4 Å². The van der Waals surface area contributed by atoms with Crippen LogP contribution in [-0.4, -0.2) is 33.0 Å². The van der Waals surface area contributed by atoms with Crippen LogP contribution in [0.15, 0.2) is 29.2 Å². The molecule has 0 fully saturated rings. The van der Waals surface area contributed by atoms with Crippen LogP contribution in [0.4, 0.5) is 14.5 Å². The molecule has 0 saturated carbocycles. The fourth-order valence-electron chi connectivity index (χ4n) is 1.44. The molecule has 1 aromatic carbocycles. The Labute approximate surface area is 126 Å². The van der Waals surface area contributed by atoms with Crippen molar-refractivity contribution in [2.45, 2.75) is 23.5 Å². The fourth-order valence-corrected chi connectivity index (χ4v) is 3.06. The van der Waals surface area contributed by atoms with Gasteiger partial charge in [-0.15, -0.1) is 0 Å². The highest BCUT2D eigenvalue weighted by Gasteiger charge is 2.12. The normalized spacial score (nSPS) is 11.4. The van der Waals surface area contributed by atoms with Gasteiger partial charge >= 0.3 is 5.97 Å². The first kappa shape index (κ1) is 17.7. The SMILES string of the molecule is COC(=O)CCCS(=O)(=O)Nc1ccc(SC(F)F)cc1. The van der Waals surface area contributed by atoms with Crippen LogP contribution < -0.4 is 4.72 Å². The fraction of sp³-hybridized carbons (Fsp3) is 0.417. The number of carbonyl (C=O) groups excluding carboxylic acids is 1. The Morgan fingerprint density at radius 3 is 2.48 bits per heavy atom. The highest BCUT2D eigenvalue weighted by molar-refractivity contribution is 7.99. The first-order chi connectivity index (χ1) is 9.82. The lowest BCUT2D eigenvalue weighted by Gasteiger charge is -2.08. The molecule has 0 atom stereocenters. The number of esters is 1. The number of halogens is 2. The third kappa shape index (κ3) is 7.28. The van der Waals surface area contributed by atoms with E-state index in [0.29, 0.717) is 16.7 Å². The van der Waals surface area contributed by atoms with Crippen molar-refractivity contribution in [1.29, 1.82) is 0 Å². The molecular formula is C12H15F2NO4S2. The van der Waals surface area contributed by atoms with Crippen molar-refractivity contribution in [3.8, 4) is 0 Å². The van der Waals surface area contributed by atoms with Crippen molar-refractivity contribution in [3.05, 3.63) is 24.3 Å². The Kier molecular flexibility index (Phi) is 6.90. The van der Waals surface area contributed by atoms with Gasteiger partial charge in [0.15, 0.2) is 0 Å². The van der Waals surface area contributed by atoms with E-state index in [9.17, 15) is 22.0 Å². The molecule has 0 radical (unpaired) electrons. The molecule has 0 aromatic heterocycles. The van der Waals surface area contributed by atoms with Crippen LogP contribution in [0.3, 0.4) is 0 Å². The van der Waals surface area contributed by atoms with Gasteiger partial charge in [-0.05, 0) is 30.7 Å². The zero-order valence-electron chi connectivity index (χ0n) is 11.2. The Hall–Kier alpha value is -1.35. The maximum atomic E-state index is 12.1. The van der Waals surface area contributed by atoms with Gasteiger partial charge in [0.2, 0.25) is 10.0 Å². The molecule has 5 nitrogen and oxygen atoms in total. The van der Waals surface area contributed by atoms with Gasteiger partial charge in [0.1, 0.15) is 0 Å². The molecule has 0 aliphatic rings. The number of nitrogens with one attached hydrogen (secondary N) is 1. The van der Waals surface area contributed by atoms with E-state index in [-0.39, 0.29) is 24.3 Å². The minimum atomic E-state index is -3.59. The summed E-state index contributed by atoms with van der Waals surface area (Å²) in [7, 11) is -2.36. The third-order valence-corrected chi connectivity index (χ3v) is 4.47. The molecule has 0 aliphatic heterocycles. The van der Waals surface area contributed by atoms with E-state index < -0.39 is 21.8 Å². The summed E-state index contributed by atoms with van der Waals surface area (Å²) in [6, 6.07) is 5.62. The highest BCUT2D eigenvalue weighted by atomic mass is 32.2. The summed E-state index contributed by atoms with van der Waals surface area (Å²) in [5, 5.41) is 0. The molecule has 0 bridgehead atoms. The van der Waals surface area contributed by atoms with E-state index in [1.54, 1.807) is 0 Å². The molecular weight excluding hydrogens is 324 g/mol. The van der Waals surface area contributed by atoms with Crippen LogP contribution in [-0.2, 0) is 19.6 Å². The smallest absolute Gasteiger partial charge is 0.305 e. The number of thioether (sulfide) groups is 1. The summed E-state index contributed by atoms with van der Waals surface area (Å²) in [5.41, 5.74) is 0.284. The molecule has 1 aromatic rings. The lowest BCUT2D eigenvalue weighted by atomic mass is 10.3. The maximum Gasteiger partial charge on any atom is 0.305 e. The standard InChI is InChI=1S/C12H15F2NO4S2/c1-19-11(16)3-2-8-21(17,18)15-9-4-6-10(7-5-9)20-12(13)14/h4-7,12,15H,2-3,8H2,1H3. The molecule has 0 aliphatic carbocycles. The van der Waals surface area contributed by atoms with Gasteiger partial charge in [-0.1, -0.05) is 11.8 Å². The summed E-state index contributed by atoms with van der Waals surface area (Å²) >= 11 is 0.383. The summed E-state index contributed by atoms with van der Waals surface area (Å²) < 4.78 is 54.5. The molecule has 1 rings (SSSR count). The second-order valence-corrected chi connectivity index (χ2v) is 6.91. The van der Waals surface area contributed by atoms with Crippen molar-refractivity contribution in [3.63, 3.8) is 0 Å². The average Bonchev–Trinajstić information content (AvgIpc) is 2.39. The number of ether oxygens (including phenoxy) is 1. The summed E-state index contributed by atoms with van der Waals surface area (Å²) in [6.07, 6.45) is 0.155. The first-order valence-electron chi connectivity index (χ1n) is 5.94. The number of carbonyl (C=O) groups is 1. The molecule has 1 N–H and O–H groups in total. The molecule has 0 saturated heterocycles. The van der Waals surface area contributed by atoms with Gasteiger partial charge in [0.05, 0.1) is 12.9 Å². The monoisotopic (exact) mass is 339 g/mol. The predicted molar refractivity (Wildman–Crippen MR) is 77.0 cm³/mol. The average molecular weight is 339 g/mol. The Morgan fingerprint density at radius 1 is 1.33 bits per heavy atom. The number of sulfonamides is 1. The van der Waals surface area contributed by atoms with Crippen LogP contribution in [0.1, 0.15) is 12.8 Å². The van der Waals surface area contributed by atoms with E-state index in [0.717, 1.165) is 0 Å². The number of hydrogen-bond donors (Lipinski definition) is 1. The summed E-state index contributed by atoms with van der Waals surface area (Å²) in [4.78, 5) is 11.2. The summed E-state index contributed by atoms with van der Waals surface area (Å²) in [6.45, 7) is 0. The molecule has 0 amide bonds. The second kappa shape index (κ2) is 8.18. The van der Waals surface area contributed by atoms with E-state index in [1.807, 2.05) is 0 Å². The minimum Gasteiger partial charge on any atom is -0.469 e. The lowest BCUT2D eigenvalue weighted by molar-refractivity contribution is -0.140. The van der Waals surface area contributed by atoms with Crippen molar-refractivity contribution in [1.82, 2.24) is 0 Å². The number of benzene rings is 1. The molecule has 21 heavy (non-hydrogen) atoms. The van der Waals surface area contributed by atoms with Crippen molar-refractivity contribution < 1.29 is 26.7 Å². The quantitative estimate of drug-likeness (QED) is 0.582. The Morgan fingerprint density at radius 2 is 1.95 bits per heavy atom.